The number of carbonyl (C=O) groups excluding carboxylic acids is 3. The van der Waals surface area contributed by atoms with E-state index in [0.717, 1.165) is 82.9 Å². The number of piperazine rings is 1. The fourth-order valence-electron chi connectivity index (χ4n) is 11.2. The summed E-state index contributed by atoms with van der Waals surface area (Å²) in [4.78, 5) is 65.2. The molecule has 65 heavy (non-hydrogen) atoms. The molecule has 3 atom stereocenters. The van der Waals surface area contributed by atoms with Gasteiger partial charge in [-0.1, -0.05) is 6.07 Å². The molecule has 0 spiro atoms. The number of hydrogen-bond donors (Lipinski definition) is 3. The highest BCUT2D eigenvalue weighted by atomic mass is 19.3. The minimum atomic E-state index is -2.87. The first-order valence-corrected chi connectivity index (χ1v) is 22.7. The molecule has 19 nitrogen and oxygen atoms in total. The molecule has 5 saturated heterocycles. The first-order chi connectivity index (χ1) is 31.4. The van der Waals surface area contributed by atoms with Gasteiger partial charge in [-0.25, -0.2) is 23.1 Å². The van der Waals surface area contributed by atoms with Crippen LogP contribution in [-0.2, 0) is 21.4 Å². The molecular formula is C44H53F2N13O6. The van der Waals surface area contributed by atoms with Gasteiger partial charge in [-0.15, -0.1) is 0 Å². The molecule has 6 aliphatic rings. The van der Waals surface area contributed by atoms with E-state index in [-0.39, 0.29) is 53.9 Å². The van der Waals surface area contributed by atoms with Crippen LogP contribution in [0.5, 0.6) is 0 Å². The Bertz CT molecular complexity index is 2730. The molecule has 1 aliphatic carbocycles. The fraction of sp³-hybridized carbons (Fsp3) is 0.568. The lowest BCUT2D eigenvalue weighted by atomic mass is 9.85. The molecule has 3 amide bonds. The Kier molecular flexibility index (Phi) is 10.5. The van der Waals surface area contributed by atoms with Crippen molar-refractivity contribution in [3.8, 4) is 0 Å². The summed E-state index contributed by atoms with van der Waals surface area (Å²) in [7, 11) is 1.68. The topological polar surface area (TPSA) is 193 Å². The minimum Gasteiger partial charge on any atom is -0.385 e. The van der Waals surface area contributed by atoms with E-state index in [1.54, 1.807) is 22.5 Å². The number of nitrogens with zero attached hydrogens (tertiary/aromatic N) is 11. The molecule has 0 radical (unpaired) electrons. The summed E-state index contributed by atoms with van der Waals surface area (Å²) in [5, 5.41) is 25.2. The number of aryl methyl sites for hydroxylation is 1. The summed E-state index contributed by atoms with van der Waals surface area (Å²) in [6.45, 7) is 7.10. The number of fused-ring (bicyclic) bond motifs is 4. The average Bonchev–Trinajstić information content (AvgIpc) is 4.14. The number of para-hydroxylation sites is 1. The quantitative estimate of drug-likeness (QED) is 0.164. The van der Waals surface area contributed by atoms with E-state index in [2.05, 4.69) is 40.4 Å². The number of amides is 3. The molecule has 21 heteroatoms. The molecule has 2 bridgehead atoms. The van der Waals surface area contributed by atoms with E-state index in [4.69, 9.17) is 9.72 Å². The third-order valence-corrected chi connectivity index (χ3v) is 14.6. The van der Waals surface area contributed by atoms with Crippen molar-refractivity contribution in [2.24, 2.45) is 13.0 Å². The third-order valence-electron chi connectivity index (χ3n) is 14.6. The molecule has 1 saturated carbocycles. The van der Waals surface area contributed by atoms with E-state index in [1.807, 2.05) is 24.3 Å². The minimum absolute atomic E-state index is 0.0141. The highest BCUT2D eigenvalue weighted by Crippen LogP contribution is 2.38. The number of carbonyl (C=O) groups is 3. The largest absolute Gasteiger partial charge is 0.385 e. The predicted octanol–water partition coefficient (Wildman–Crippen LogP) is 2.32. The van der Waals surface area contributed by atoms with Gasteiger partial charge in [0, 0.05) is 84.8 Å². The second-order valence-corrected chi connectivity index (χ2v) is 18.9. The van der Waals surface area contributed by atoms with Gasteiger partial charge < -0.3 is 29.9 Å². The number of imidazole rings is 1. The standard InChI is InChI=1S/C44H53F2N13O6/c1-52-38-32(3-2-4-33(38)59(43(52)63)34-9-10-36(60)50-42(34)62)55-24-44(64,25-55)23-54-15-13-53(14-16-54)19-26-5-7-27(8-6-26)58-21-31(37(51-58)39(45)46)48-41(61)30-18-47-57-12-11-35(49-40(30)57)56-20-29-17-28(56)22-65-29/h2-4,11-12,18,21,26-29,34,39,64H,5-10,13-17,19-20,22-25H2,1H3,(H,48,61)(H,50,60,62)/t26-,27-,28?,29?,34?. The Labute approximate surface area is 371 Å². The van der Waals surface area contributed by atoms with Crippen molar-refractivity contribution >= 4 is 51.6 Å². The summed E-state index contributed by atoms with van der Waals surface area (Å²) in [5.41, 5.74) is 0.959. The summed E-state index contributed by atoms with van der Waals surface area (Å²) < 4.78 is 40.5. The number of anilines is 3. The van der Waals surface area contributed by atoms with E-state index >= 15 is 0 Å². The molecule has 344 valence electrons. The van der Waals surface area contributed by atoms with Crippen LogP contribution in [-0.4, -0.2) is 149 Å². The molecule has 11 rings (SSSR count). The van der Waals surface area contributed by atoms with Crippen molar-refractivity contribution < 1.29 is 33.0 Å². The molecule has 9 heterocycles. The molecular weight excluding hydrogens is 845 g/mol. The van der Waals surface area contributed by atoms with Gasteiger partial charge in [0.25, 0.3) is 12.3 Å². The number of rotatable bonds is 11. The van der Waals surface area contributed by atoms with Gasteiger partial charge in [-0.05, 0) is 62.6 Å². The van der Waals surface area contributed by atoms with Crippen molar-refractivity contribution in [3.63, 3.8) is 0 Å². The number of aliphatic hydroxyl groups is 1. The van der Waals surface area contributed by atoms with E-state index in [1.165, 1.54) is 21.5 Å². The SMILES string of the molecule is Cn1c(=O)n(C2CCC(=O)NC2=O)c2cccc(N3CC(O)(CN4CCN(C[C@H]5CC[C@H](n6cc(NC(=O)c7cnn8ccc(N9CC%10CC9CO%10)nc78)c(C(F)F)n6)CC5)CC4)C3)c21. The molecule has 6 fully saturated rings. The van der Waals surface area contributed by atoms with Gasteiger partial charge in [-0.2, -0.15) is 10.2 Å². The zero-order valence-corrected chi connectivity index (χ0v) is 36.2. The van der Waals surface area contributed by atoms with Crippen molar-refractivity contribution in [3.05, 3.63) is 64.6 Å². The molecule has 5 aromatic rings. The van der Waals surface area contributed by atoms with Crippen LogP contribution in [0, 0.1) is 5.92 Å². The first-order valence-electron chi connectivity index (χ1n) is 22.7. The third kappa shape index (κ3) is 7.64. The Hall–Kier alpha value is -5.77. The van der Waals surface area contributed by atoms with Crippen LogP contribution in [0.3, 0.4) is 0 Å². The highest BCUT2D eigenvalue weighted by Gasteiger charge is 2.45. The lowest BCUT2D eigenvalue weighted by Gasteiger charge is -2.50. The number of imide groups is 1. The summed E-state index contributed by atoms with van der Waals surface area (Å²) >= 11 is 0. The van der Waals surface area contributed by atoms with Gasteiger partial charge in [0.15, 0.2) is 11.3 Å². The molecule has 3 unspecified atom stereocenters. The van der Waals surface area contributed by atoms with E-state index in [9.17, 15) is 33.1 Å². The van der Waals surface area contributed by atoms with Crippen molar-refractivity contribution in [1.82, 2.24) is 48.6 Å². The zero-order valence-electron chi connectivity index (χ0n) is 36.2. The van der Waals surface area contributed by atoms with Crippen LogP contribution in [0.15, 0.2) is 47.7 Å². The van der Waals surface area contributed by atoms with Crippen molar-refractivity contribution in [2.45, 2.75) is 81.2 Å². The molecule has 1 aromatic carbocycles. The number of aromatic nitrogens is 7. The second kappa shape index (κ2) is 16.3. The van der Waals surface area contributed by atoms with Crippen LogP contribution in [0.25, 0.3) is 16.7 Å². The molecule has 5 aliphatic heterocycles. The van der Waals surface area contributed by atoms with E-state index in [0.29, 0.717) is 48.8 Å². The number of ether oxygens (including phenoxy) is 1. The van der Waals surface area contributed by atoms with Gasteiger partial charge in [0.2, 0.25) is 11.8 Å². The Morgan fingerprint density at radius 1 is 1.03 bits per heavy atom. The number of morpholine rings is 1. The number of halogens is 2. The number of β-amino-alcohol motifs (C(OH)–C–C–N with tert-alkyl or cyclic N) is 1. The molecule has 3 N–H and O–H groups in total. The monoisotopic (exact) mass is 897 g/mol. The van der Waals surface area contributed by atoms with Crippen LogP contribution in [0.2, 0.25) is 0 Å². The predicted molar refractivity (Wildman–Crippen MR) is 233 cm³/mol. The number of piperidine rings is 1. The van der Waals surface area contributed by atoms with E-state index < -0.39 is 35.6 Å². The average molecular weight is 898 g/mol. The maximum atomic E-state index is 14.3. The maximum Gasteiger partial charge on any atom is 0.329 e. The normalized spacial score (nSPS) is 26.1. The number of nitrogens with one attached hydrogen (secondary N) is 2. The van der Waals surface area contributed by atoms with Gasteiger partial charge in [0.1, 0.15) is 23.0 Å². The number of benzene rings is 1. The summed E-state index contributed by atoms with van der Waals surface area (Å²) in [6.07, 6.45) is 6.82. The summed E-state index contributed by atoms with van der Waals surface area (Å²) in [6, 6.07) is 6.88. The summed E-state index contributed by atoms with van der Waals surface area (Å²) in [5.74, 6) is -0.195. The zero-order chi connectivity index (χ0) is 44.7. The fourth-order valence-corrected chi connectivity index (χ4v) is 11.2. The van der Waals surface area contributed by atoms with Crippen LogP contribution < -0.4 is 26.1 Å². The van der Waals surface area contributed by atoms with Crippen LogP contribution >= 0.6 is 0 Å². The Balaban J connectivity index is 0.661. The van der Waals surface area contributed by atoms with Gasteiger partial charge in [-0.3, -0.25) is 38.4 Å². The number of hydrogen-bond acceptors (Lipinski definition) is 13. The Morgan fingerprint density at radius 2 is 1.82 bits per heavy atom. The van der Waals surface area contributed by atoms with Crippen molar-refractivity contribution in [1.29, 1.82) is 0 Å². The lowest BCUT2D eigenvalue weighted by Crippen LogP contribution is -2.67. The maximum absolute atomic E-state index is 14.3. The van der Waals surface area contributed by atoms with Crippen LogP contribution in [0.4, 0.5) is 26.0 Å². The van der Waals surface area contributed by atoms with Gasteiger partial charge in [0.05, 0.1) is 53.4 Å². The van der Waals surface area contributed by atoms with Crippen molar-refractivity contribution in [2.75, 3.05) is 80.6 Å². The highest BCUT2D eigenvalue weighted by molar-refractivity contribution is 6.08. The first kappa shape index (κ1) is 41.9. The molecule has 4 aromatic heterocycles. The van der Waals surface area contributed by atoms with Crippen LogP contribution in [0.1, 0.15) is 79.5 Å². The lowest BCUT2D eigenvalue weighted by molar-refractivity contribution is -0.135. The Morgan fingerprint density at radius 3 is 2.54 bits per heavy atom. The van der Waals surface area contributed by atoms with Gasteiger partial charge >= 0.3 is 5.69 Å². The second-order valence-electron chi connectivity index (χ2n) is 18.9. The number of alkyl halides is 2. The smallest absolute Gasteiger partial charge is 0.329 e.